The minimum atomic E-state index is -4.55. The Bertz CT molecular complexity index is 1100. The number of ether oxygens (including phenoxy) is 2. The van der Waals surface area contributed by atoms with E-state index in [4.69, 9.17) is 9.47 Å². The number of anilines is 3. The molecule has 1 aliphatic rings. The standard InChI is InChI=1S/C19H18F3N5O3/c1-2-5-23-16-13-11(19(20,21)22)8-24-17(13)27-18(26-16)25-12-4-3-10(9-28)14-15(12)30-7-6-29-14/h3-4,8-9H,2,5-7H2,1H3,(H3,23,24,25,26,27). The summed E-state index contributed by atoms with van der Waals surface area (Å²) in [4.78, 5) is 22.2. The molecule has 0 saturated heterocycles. The zero-order valence-corrected chi connectivity index (χ0v) is 15.9. The van der Waals surface area contributed by atoms with Crippen molar-refractivity contribution in [2.24, 2.45) is 0 Å². The van der Waals surface area contributed by atoms with Crippen LogP contribution in [0.4, 0.5) is 30.6 Å². The van der Waals surface area contributed by atoms with Gasteiger partial charge in [0.2, 0.25) is 5.95 Å². The average Bonchev–Trinajstić information content (AvgIpc) is 3.17. The topological polar surface area (TPSA) is 101 Å². The number of aromatic nitrogens is 3. The number of carbonyl (C=O) groups excluding carboxylic acids is 1. The molecule has 0 unspecified atom stereocenters. The summed E-state index contributed by atoms with van der Waals surface area (Å²) in [7, 11) is 0. The summed E-state index contributed by atoms with van der Waals surface area (Å²) < 4.78 is 51.3. The minimum Gasteiger partial charge on any atom is -0.485 e. The summed E-state index contributed by atoms with van der Waals surface area (Å²) in [6.45, 7) is 2.92. The van der Waals surface area contributed by atoms with E-state index in [2.05, 4.69) is 25.6 Å². The molecule has 3 aromatic rings. The molecule has 0 amide bonds. The lowest BCUT2D eigenvalue weighted by molar-refractivity contribution is -0.136. The fraction of sp³-hybridized carbons (Fsp3) is 0.316. The van der Waals surface area contributed by atoms with Crippen molar-refractivity contribution in [1.82, 2.24) is 15.0 Å². The number of alkyl halides is 3. The van der Waals surface area contributed by atoms with Crippen LogP contribution < -0.4 is 20.1 Å². The molecule has 0 fully saturated rings. The first-order valence-electron chi connectivity index (χ1n) is 9.27. The highest BCUT2D eigenvalue weighted by Crippen LogP contribution is 2.42. The minimum absolute atomic E-state index is 0.0361. The number of halogens is 3. The first kappa shape index (κ1) is 19.8. The molecule has 30 heavy (non-hydrogen) atoms. The number of hydrogen-bond acceptors (Lipinski definition) is 7. The molecule has 1 aromatic carbocycles. The van der Waals surface area contributed by atoms with Crippen LogP contribution in [-0.4, -0.2) is 41.0 Å². The zero-order chi connectivity index (χ0) is 21.3. The second kappa shape index (κ2) is 7.73. The Morgan fingerprint density at radius 3 is 2.67 bits per heavy atom. The number of fused-ring (bicyclic) bond motifs is 2. The monoisotopic (exact) mass is 421 g/mol. The predicted octanol–water partition coefficient (Wildman–Crippen LogP) is 4.13. The van der Waals surface area contributed by atoms with E-state index in [0.29, 0.717) is 55.2 Å². The van der Waals surface area contributed by atoms with Crippen molar-refractivity contribution in [1.29, 1.82) is 0 Å². The summed E-state index contributed by atoms with van der Waals surface area (Å²) in [5.74, 6) is 0.742. The van der Waals surface area contributed by atoms with E-state index in [9.17, 15) is 18.0 Å². The third kappa shape index (κ3) is 3.58. The number of aromatic amines is 1. The smallest absolute Gasteiger partial charge is 0.418 e. The Hall–Kier alpha value is -3.50. The van der Waals surface area contributed by atoms with Gasteiger partial charge in [0, 0.05) is 12.7 Å². The summed E-state index contributed by atoms with van der Waals surface area (Å²) in [6, 6.07) is 3.15. The lowest BCUT2D eigenvalue weighted by atomic mass is 10.1. The van der Waals surface area contributed by atoms with E-state index < -0.39 is 11.7 Å². The number of rotatable bonds is 6. The van der Waals surface area contributed by atoms with Crippen molar-refractivity contribution in [3.63, 3.8) is 0 Å². The highest BCUT2D eigenvalue weighted by molar-refractivity contribution is 5.92. The van der Waals surface area contributed by atoms with Crippen LogP contribution in [0.15, 0.2) is 18.3 Å². The number of nitrogens with zero attached hydrogens (tertiary/aromatic N) is 2. The van der Waals surface area contributed by atoms with Gasteiger partial charge in [-0.3, -0.25) is 4.79 Å². The van der Waals surface area contributed by atoms with Crippen LogP contribution in [0.2, 0.25) is 0 Å². The first-order chi connectivity index (χ1) is 14.4. The molecule has 1 aliphatic heterocycles. The molecule has 3 N–H and O–H groups in total. The lowest BCUT2D eigenvalue weighted by Gasteiger charge is -2.22. The summed E-state index contributed by atoms with van der Waals surface area (Å²) in [5, 5.41) is 5.76. The third-order valence-electron chi connectivity index (χ3n) is 4.47. The molecule has 0 spiro atoms. The third-order valence-corrected chi connectivity index (χ3v) is 4.47. The Kier molecular flexibility index (Phi) is 5.10. The molecule has 3 heterocycles. The molecule has 11 heteroatoms. The van der Waals surface area contributed by atoms with E-state index in [-0.39, 0.29) is 22.8 Å². The molecule has 0 atom stereocenters. The molecule has 0 saturated carbocycles. The van der Waals surface area contributed by atoms with Gasteiger partial charge in [-0.15, -0.1) is 0 Å². The van der Waals surface area contributed by atoms with Gasteiger partial charge in [-0.05, 0) is 18.6 Å². The Balaban J connectivity index is 1.78. The number of hydrogen-bond donors (Lipinski definition) is 3. The number of nitrogens with one attached hydrogen (secondary N) is 3. The SMILES string of the molecule is CCCNc1nc(Nc2ccc(C=O)c3c2OCCO3)nc2[nH]cc(C(F)(F)F)c12. The van der Waals surface area contributed by atoms with Crippen molar-refractivity contribution in [2.45, 2.75) is 19.5 Å². The van der Waals surface area contributed by atoms with Gasteiger partial charge in [0.1, 0.15) is 24.7 Å². The van der Waals surface area contributed by atoms with E-state index in [1.807, 2.05) is 6.92 Å². The number of benzene rings is 1. The Morgan fingerprint density at radius 2 is 1.97 bits per heavy atom. The average molecular weight is 421 g/mol. The maximum atomic E-state index is 13.4. The van der Waals surface area contributed by atoms with Gasteiger partial charge in [-0.1, -0.05) is 6.92 Å². The zero-order valence-electron chi connectivity index (χ0n) is 15.9. The van der Waals surface area contributed by atoms with Gasteiger partial charge in [-0.2, -0.15) is 23.1 Å². The lowest BCUT2D eigenvalue weighted by Crippen LogP contribution is -2.18. The molecule has 0 aliphatic carbocycles. The van der Waals surface area contributed by atoms with Crippen molar-refractivity contribution in [3.05, 3.63) is 29.5 Å². The van der Waals surface area contributed by atoms with Gasteiger partial charge in [0.25, 0.3) is 0 Å². The quantitative estimate of drug-likeness (QED) is 0.515. The van der Waals surface area contributed by atoms with Crippen molar-refractivity contribution in [2.75, 3.05) is 30.4 Å². The number of H-pyrrole nitrogens is 1. The van der Waals surface area contributed by atoms with Gasteiger partial charge >= 0.3 is 6.18 Å². The normalized spacial score (nSPS) is 13.3. The van der Waals surface area contributed by atoms with Crippen LogP contribution in [0.3, 0.4) is 0 Å². The molecular formula is C19H18F3N5O3. The molecular weight excluding hydrogens is 403 g/mol. The molecule has 8 nitrogen and oxygen atoms in total. The predicted molar refractivity (Wildman–Crippen MR) is 104 cm³/mol. The fourth-order valence-electron chi connectivity index (χ4n) is 3.15. The second-order valence-electron chi connectivity index (χ2n) is 6.55. The van der Waals surface area contributed by atoms with Gasteiger partial charge in [0.05, 0.1) is 22.2 Å². The van der Waals surface area contributed by atoms with Crippen LogP contribution in [0.1, 0.15) is 29.3 Å². The van der Waals surface area contributed by atoms with Gasteiger partial charge in [-0.25, -0.2) is 0 Å². The summed E-state index contributed by atoms with van der Waals surface area (Å²) >= 11 is 0. The van der Waals surface area contributed by atoms with E-state index in [0.717, 1.165) is 6.20 Å². The van der Waals surface area contributed by atoms with Crippen molar-refractivity contribution >= 4 is 34.8 Å². The maximum absolute atomic E-state index is 13.4. The maximum Gasteiger partial charge on any atom is 0.418 e. The summed E-state index contributed by atoms with van der Waals surface area (Å²) in [6.07, 6.45) is -2.32. The molecule has 2 aromatic heterocycles. The van der Waals surface area contributed by atoms with E-state index in [1.54, 1.807) is 12.1 Å². The number of aldehydes is 1. The number of carbonyl (C=O) groups is 1. The largest absolute Gasteiger partial charge is 0.485 e. The van der Waals surface area contributed by atoms with Gasteiger partial charge < -0.3 is 25.1 Å². The Labute approximate surface area is 168 Å². The van der Waals surface area contributed by atoms with Crippen LogP contribution in [-0.2, 0) is 6.18 Å². The van der Waals surface area contributed by atoms with Gasteiger partial charge in [0.15, 0.2) is 17.8 Å². The van der Waals surface area contributed by atoms with Crippen LogP contribution in [0.25, 0.3) is 11.0 Å². The Morgan fingerprint density at radius 1 is 1.20 bits per heavy atom. The molecule has 4 rings (SSSR count). The molecule has 0 radical (unpaired) electrons. The first-order valence-corrected chi connectivity index (χ1v) is 9.27. The highest BCUT2D eigenvalue weighted by Gasteiger charge is 2.35. The second-order valence-corrected chi connectivity index (χ2v) is 6.55. The molecule has 0 bridgehead atoms. The van der Waals surface area contributed by atoms with E-state index >= 15 is 0 Å². The van der Waals surface area contributed by atoms with Crippen LogP contribution in [0, 0.1) is 0 Å². The summed E-state index contributed by atoms with van der Waals surface area (Å²) in [5.41, 5.74) is -0.0455. The van der Waals surface area contributed by atoms with Crippen LogP contribution >= 0.6 is 0 Å². The van der Waals surface area contributed by atoms with Crippen molar-refractivity contribution < 1.29 is 27.4 Å². The van der Waals surface area contributed by atoms with E-state index in [1.165, 1.54) is 0 Å². The molecule has 158 valence electrons. The fourth-order valence-corrected chi connectivity index (χ4v) is 3.15. The van der Waals surface area contributed by atoms with Crippen molar-refractivity contribution in [3.8, 4) is 11.5 Å². The highest BCUT2D eigenvalue weighted by atomic mass is 19.4. The van der Waals surface area contributed by atoms with Crippen LogP contribution in [0.5, 0.6) is 11.5 Å².